The summed E-state index contributed by atoms with van der Waals surface area (Å²) in [6.45, 7) is 8.37. The molecular formula is C20H29N3O2. The van der Waals surface area contributed by atoms with Crippen LogP contribution in [-0.2, 0) is 11.3 Å². The second kappa shape index (κ2) is 7.44. The van der Waals surface area contributed by atoms with Crippen molar-refractivity contribution in [2.45, 2.75) is 25.8 Å². The number of morpholine rings is 1. The molecule has 3 aliphatic heterocycles. The Morgan fingerprint density at radius 1 is 1.08 bits per heavy atom. The Morgan fingerprint density at radius 2 is 1.84 bits per heavy atom. The highest BCUT2D eigenvalue weighted by Crippen LogP contribution is 2.37. The summed E-state index contributed by atoms with van der Waals surface area (Å²) in [6, 6.07) is 8.14. The van der Waals surface area contributed by atoms with E-state index in [0.717, 1.165) is 83.0 Å². The number of rotatable bonds is 3. The lowest BCUT2D eigenvalue weighted by molar-refractivity contribution is 0.0339. The van der Waals surface area contributed by atoms with Crippen LogP contribution < -0.4 is 5.32 Å². The summed E-state index contributed by atoms with van der Waals surface area (Å²) < 4.78 is 5.43. The number of piperidine rings is 1. The van der Waals surface area contributed by atoms with E-state index >= 15 is 0 Å². The van der Waals surface area contributed by atoms with Crippen LogP contribution in [0.4, 0.5) is 0 Å². The summed E-state index contributed by atoms with van der Waals surface area (Å²) in [7, 11) is 0. The number of nitrogens with one attached hydrogen (secondary N) is 1. The number of amides is 1. The van der Waals surface area contributed by atoms with E-state index in [4.69, 9.17) is 4.74 Å². The minimum Gasteiger partial charge on any atom is -0.379 e. The van der Waals surface area contributed by atoms with Crippen LogP contribution in [0.3, 0.4) is 0 Å². The smallest absolute Gasteiger partial charge is 0.254 e. The molecule has 25 heavy (non-hydrogen) atoms. The van der Waals surface area contributed by atoms with Crippen molar-refractivity contribution in [2.24, 2.45) is 5.41 Å². The Balaban J connectivity index is 1.43. The van der Waals surface area contributed by atoms with Gasteiger partial charge in [-0.25, -0.2) is 0 Å². The van der Waals surface area contributed by atoms with Crippen LogP contribution in [0.5, 0.6) is 0 Å². The maximum atomic E-state index is 13.1. The first-order valence-corrected chi connectivity index (χ1v) is 9.64. The van der Waals surface area contributed by atoms with Gasteiger partial charge < -0.3 is 15.0 Å². The summed E-state index contributed by atoms with van der Waals surface area (Å²) in [6.07, 6.45) is 3.54. The molecule has 5 nitrogen and oxygen atoms in total. The van der Waals surface area contributed by atoms with Gasteiger partial charge in [0.1, 0.15) is 0 Å². The number of hydrogen-bond donors (Lipinski definition) is 1. The van der Waals surface area contributed by atoms with Crippen LogP contribution in [0, 0.1) is 5.41 Å². The highest BCUT2D eigenvalue weighted by atomic mass is 16.5. The molecule has 3 fully saturated rings. The molecule has 0 aliphatic carbocycles. The molecule has 1 amide bonds. The van der Waals surface area contributed by atoms with Crippen molar-refractivity contribution < 1.29 is 9.53 Å². The molecule has 1 spiro atoms. The van der Waals surface area contributed by atoms with E-state index in [-0.39, 0.29) is 5.91 Å². The third kappa shape index (κ3) is 3.73. The summed E-state index contributed by atoms with van der Waals surface area (Å²) in [5.74, 6) is 0.213. The number of ether oxygens (including phenoxy) is 1. The molecule has 5 heteroatoms. The highest BCUT2D eigenvalue weighted by molar-refractivity contribution is 5.95. The van der Waals surface area contributed by atoms with Crippen LogP contribution in [0.1, 0.15) is 35.2 Å². The second-order valence-electron chi connectivity index (χ2n) is 7.76. The molecule has 0 unspecified atom stereocenters. The fraction of sp³-hybridized carbons (Fsp3) is 0.650. The van der Waals surface area contributed by atoms with Gasteiger partial charge in [0.15, 0.2) is 0 Å². The van der Waals surface area contributed by atoms with Gasteiger partial charge >= 0.3 is 0 Å². The molecule has 4 rings (SSSR count). The molecule has 0 radical (unpaired) electrons. The minimum absolute atomic E-state index is 0.213. The Labute approximate surface area is 150 Å². The number of carbonyl (C=O) groups excluding carboxylic acids is 1. The molecule has 1 N–H and O–H groups in total. The van der Waals surface area contributed by atoms with E-state index in [1.165, 1.54) is 6.42 Å². The van der Waals surface area contributed by atoms with E-state index in [1.807, 2.05) is 18.2 Å². The van der Waals surface area contributed by atoms with E-state index < -0.39 is 0 Å². The first-order chi connectivity index (χ1) is 12.3. The quantitative estimate of drug-likeness (QED) is 0.908. The monoisotopic (exact) mass is 343 g/mol. The molecule has 0 aromatic heterocycles. The Kier molecular flexibility index (Phi) is 5.06. The van der Waals surface area contributed by atoms with Gasteiger partial charge in [-0.1, -0.05) is 18.2 Å². The zero-order chi connectivity index (χ0) is 17.1. The molecule has 3 aliphatic rings. The lowest BCUT2D eigenvalue weighted by Crippen LogP contribution is -2.44. The van der Waals surface area contributed by atoms with Crippen molar-refractivity contribution in [1.29, 1.82) is 0 Å². The van der Waals surface area contributed by atoms with E-state index in [9.17, 15) is 4.79 Å². The highest BCUT2D eigenvalue weighted by Gasteiger charge is 2.38. The van der Waals surface area contributed by atoms with Crippen molar-refractivity contribution in [3.05, 3.63) is 35.4 Å². The summed E-state index contributed by atoms with van der Waals surface area (Å²) >= 11 is 0. The third-order valence-electron chi connectivity index (χ3n) is 6.19. The van der Waals surface area contributed by atoms with Crippen molar-refractivity contribution in [3.8, 4) is 0 Å². The van der Waals surface area contributed by atoms with Gasteiger partial charge in [0.05, 0.1) is 13.2 Å². The largest absolute Gasteiger partial charge is 0.379 e. The van der Waals surface area contributed by atoms with Gasteiger partial charge in [0.2, 0.25) is 0 Å². The predicted octanol–water partition coefficient (Wildman–Crippen LogP) is 1.73. The first-order valence-electron chi connectivity index (χ1n) is 9.64. The van der Waals surface area contributed by atoms with Crippen molar-refractivity contribution in [2.75, 3.05) is 52.5 Å². The fourth-order valence-corrected chi connectivity index (χ4v) is 4.44. The van der Waals surface area contributed by atoms with Crippen molar-refractivity contribution >= 4 is 5.91 Å². The van der Waals surface area contributed by atoms with Gasteiger partial charge in [0.25, 0.3) is 5.91 Å². The van der Waals surface area contributed by atoms with Gasteiger partial charge in [0, 0.05) is 44.8 Å². The van der Waals surface area contributed by atoms with E-state index in [2.05, 4.69) is 21.2 Å². The maximum Gasteiger partial charge on any atom is 0.254 e. The van der Waals surface area contributed by atoms with Gasteiger partial charge in [-0.2, -0.15) is 0 Å². The van der Waals surface area contributed by atoms with Gasteiger partial charge in [-0.05, 0) is 42.9 Å². The van der Waals surface area contributed by atoms with Crippen LogP contribution in [-0.4, -0.2) is 68.2 Å². The number of hydrogen-bond acceptors (Lipinski definition) is 4. The summed E-state index contributed by atoms with van der Waals surface area (Å²) in [5.41, 5.74) is 2.48. The average molecular weight is 343 g/mol. The van der Waals surface area contributed by atoms with Crippen molar-refractivity contribution in [1.82, 2.24) is 15.1 Å². The Bertz CT molecular complexity index is 597. The van der Waals surface area contributed by atoms with Crippen LogP contribution in [0.15, 0.2) is 24.3 Å². The Morgan fingerprint density at radius 3 is 2.56 bits per heavy atom. The van der Waals surface area contributed by atoms with E-state index in [0.29, 0.717) is 5.41 Å². The number of nitrogens with zero attached hydrogens (tertiary/aromatic N) is 2. The second-order valence-corrected chi connectivity index (χ2v) is 7.76. The molecule has 136 valence electrons. The lowest BCUT2D eigenvalue weighted by Gasteiger charge is -2.39. The lowest BCUT2D eigenvalue weighted by atomic mass is 9.77. The predicted molar refractivity (Wildman–Crippen MR) is 97.6 cm³/mol. The zero-order valence-corrected chi connectivity index (χ0v) is 15.0. The zero-order valence-electron chi connectivity index (χ0n) is 15.0. The maximum absolute atomic E-state index is 13.1. The average Bonchev–Trinajstić information content (AvgIpc) is 3.11. The summed E-state index contributed by atoms with van der Waals surface area (Å²) in [5, 5.41) is 3.49. The number of likely N-dealkylation sites (tertiary alicyclic amines) is 1. The van der Waals surface area contributed by atoms with Gasteiger partial charge in [-0.3, -0.25) is 9.69 Å². The van der Waals surface area contributed by atoms with E-state index in [1.54, 1.807) is 0 Å². The topological polar surface area (TPSA) is 44.8 Å². The molecule has 1 aromatic rings. The van der Waals surface area contributed by atoms with Gasteiger partial charge in [-0.15, -0.1) is 0 Å². The molecule has 3 saturated heterocycles. The first kappa shape index (κ1) is 17.0. The summed E-state index contributed by atoms with van der Waals surface area (Å²) in [4.78, 5) is 17.6. The third-order valence-corrected chi connectivity index (χ3v) is 6.19. The molecule has 0 bridgehead atoms. The van der Waals surface area contributed by atoms with Crippen molar-refractivity contribution in [3.63, 3.8) is 0 Å². The molecular weight excluding hydrogens is 314 g/mol. The number of carbonyl (C=O) groups is 1. The van der Waals surface area contributed by atoms with Crippen LogP contribution >= 0.6 is 0 Å². The molecule has 0 atom stereocenters. The van der Waals surface area contributed by atoms with Crippen LogP contribution in [0.2, 0.25) is 0 Å². The number of benzene rings is 1. The minimum atomic E-state index is 0.213. The normalized spacial score (nSPS) is 23.9. The fourth-order valence-electron chi connectivity index (χ4n) is 4.44. The standard InChI is InChI=1S/C20H29N3O2/c24-19(23-9-6-20(7-10-23)5-8-21-16-20)18-4-2-1-3-17(18)15-22-11-13-25-14-12-22/h1-4,21H,5-16H2. The van der Waals surface area contributed by atoms with Crippen LogP contribution in [0.25, 0.3) is 0 Å². The SMILES string of the molecule is O=C(c1ccccc1CN1CCOCC1)N1CCC2(CCNC2)CC1. The Hall–Kier alpha value is -1.43. The molecule has 1 aromatic carbocycles. The molecule has 3 heterocycles. The molecule has 0 saturated carbocycles.